The monoisotopic (exact) mass is 656 g/mol. The summed E-state index contributed by atoms with van der Waals surface area (Å²) in [6.45, 7) is 5.73. The first-order chi connectivity index (χ1) is 21.0. The molecule has 2 aromatic heterocycles. The van der Waals surface area contributed by atoms with Crippen LogP contribution in [0.1, 0.15) is 0 Å². The van der Waals surface area contributed by atoms with Gasteiger partial charge in [0.05, 0.1) is 36.2 Å². The molecule has 13 heteroatoms. The van der Waals surface area contributed by atoms with Gasteiger partial charge in [-0.3, -0.25) is 0 Å². The van der Waals surface area contributed by atoms with Gasteiger partial charge in [-0.2, -0.15) is 0 Å². The predicted octanol–water partition coefficient (Wildman–Crippen LogP) is 6.82. The minimum absolute atomic E-state index is 0.449. The number of hydrogen-bond acceptors (Lipinski definition) is 11. The number of thioether (sulfide) groups is 2. The van der Waals surface area contributed by atoms with Crippen LogP contribution >= 0.6 is 46.7 Å². The molecule has 0 radical (unpaired) electrons. The maximum absolute atomic E-state index is 6.59. The lowest BCUT2D eigenvalue weighted by atomic mass is 10.2. The highest BCUT2D eigenvalue weighted by molar-refractivity contribution is 7.99. The lowest BCUT2D eigenvalue weighted by molar-refractivity contribution is 0.122. The van der Waals surface area contributed by atoms with E-state index in [0.717, 1.165) is 58.7 Å². The Kier molecular flexibility index (Phi) is 9.76. The first-order valence-corrected chi connectivity index (χ1v) is 17.0. The molecule has 0 saturated carbocycles. The van der Waals surface area contributed by atoms with Gasteiger partial charge in [-0.15, -0.1) is 23.5 Å². The average Bonchev–Trinajstić information content (AvgIpc) is 3.05. The third-order valence-corrected chi connectivity index (χ3v) is 9.44. The fourth-order valence-corrected chi connectivity index (χ4v) is 6.83. The number of morpholine rings is 2. The highest BCUT2D eigenvalue weighted by atomic mass is 35.5. The molecule has 0 atom stereocenters. The summed E-state index contributed by atoms with van der Waals surface area (Å²) in [5.74, 6) is 4.21. The van der Waals surface area contributed by atoms with E-state index in [1.165, 1.54) is 0 Å². The molecule has 0 aliphatic carbocycles. The molecule has 2 aromatic carbocycles. The molecule has 2 aliphatic rings. The minimum Gasteiger partial charge on any atom is -0.457 e. The fraction of sp³-hybridized carbons (Fsp3) is 0.333. The lowest BCUT2D eigenvalue weighted by Crippen LogP contribution is -2.37. The number of hydrogen-bond donors (Lipinski definition) is 0. The molecule has 0 amide bonds. The number of halogens is 2. The molecule has 6 rings (SSSR count). The van der Waals surface area contributed by atoms with Crippen LogP contribution in [-0.2, 0) is 9.47 Å². The Labute approximate surface area is 269 Å². The summed E-state index contributed by atoms with van der Waals surface area (Å²) < 4.78 is 17.2. The Balaban J connectivity index is 1.19. The maximum atomic E-state index is 6.59. The SMILES string of the molecule is CSc1c(Cl)nc(-c2ccc(Oc3ccc(-c4nc(Cl)c(SC)c(N5CCOCC5)n4)cc3)cc2)nc1N1CCOCC1. The van der Waals surface area contributed by atoms with Crippen LogP contribution in [0.15, 0.2) is 58.3 Å². The van der Waals surface area contributed by atoms with Gasteiger partial charge in [-0.25, -0.2) is 19.9 Å². The Morgan fingerprint density at radius 1 is 0.605 bits per heavy atom. The molecule has 4 aromatic rings. The van der Waals surface area contributed by atoms with Gasteiger partial charge in [-0.1, -0.05) is 23.2 Å². The zero-order chi connectivity index (χ0) is 29.8. The molecule has 2 aliphatic heterocycles. The summed E-state index contributed by atoms with van der Waals surface area (Å²) in [7, 11) is 0. The van der Waals surface area contributed by atoms with Gasteiger partial charge in [0.15, 0.2) is 11.6 Å². The van der Waals surface area contributed by atoms with Crippen LogP contribution < -0.4 is 14.5 Å². The zero-order valence-electron chi connectivity index (χ0n) is 23.8. The van der Waals surface area contributed by atoms with Crippen molar-refractivity contribution in [2.45, 2.75) is 9.79 Å². The van der Waals surface area contributed by atoms with Gasteiger partial charge in [0, 0.05) is 37.3 Å². The lowest BCUT2D eigenvalue weighted by Gasteiger charge is -2.29. The third-order valence-electron chi connectivity index (χ3n) is 7.10. The van der Waals surface area contributed by atoms with Gasteiger partial charge in [-0.05, 0) is 61.0 Å². The molecular weight excluding hydrogens is 627 g/mol. The largest absolute Gasteiger partial charge is 0.457 e. The van der Waals surface area contributed by atoms with E-state index in [9.17, 15) is 0 Å². The molecule has 2 fully saturated rings. The van der Waals surface area contributed by atoms with E-state index in [0.29, 0.717) is 59.9 Å². The van der Waals surface area contributed by atoms with E-state index in [2.05, 4.69) is 19.8 Å². The van der Waals surface area contributed by atoms with Gasteiger partial charge < -0.3 is 24.0 Å². The second-order valence-electron chi connectivity index (χ2n) is 9.74. The number of aromatic nitrogens is 4. The summed E-state index contributed by atoms with van der Waals surface area (Å²) >= 11 is 16.3. The molecule has 0 spiro atoms. The van der Waals surface area contributed by atoms with Crippen molar-refractivity contribution < 1.29 is 14.2 Å². The maximum Gasteiger partial charge on any atom is 0.163 e. The molecule has 4 heterocycles. The average molecular weight is 658 g/mol. The van der Waals surface area contributed by atoms with Crippen molar-refractivity contribution in [1.29, 1.82) is 0 Å². The molecule has 224 valence electrons. The van der Waals surface area contributed by atoms with Gasteiger partial charge in [0.25, 0.3) is 0 Å². The fourth-order valence-electron chi connectivity index (χ4n) is 4.89. The minimum atomic E-state index is 0.449. The summed E-state index contributed by atoms with van der Waals surface area (Å²) in [6.07, 6.45) is 3.97. The molecule has 2 saturated heterocycles. The topological polar surface area (TPSA) is 85.7 Å². The van der Waals surface area contributed by atoms with Crippen molar-refractivity contribution >= 4 is 58.4 Å². The number of rotatable bonds is 8. The van der Waals surface area contributed by atoms with E-state index in [4.69, 9.17) is 47.4 Å². The molecule has 0 N–H and O–H groups in total. The van der Waals surface area contributed by atoms with Crippen LogP contribution in [0.3, 0.4) is 0 Å². The highest BCUT2D eigenvalue weighted by Crippen LogP contribution is 2.37. The zero-order valence-corrected chi connectivity index (χ0v) is 26.9. The summed E-state index contributed by atoms with van der Waals surface area (Å²) in [5, 5.41) is 0.898. The molecular formula is C30H30Cl2N6O3S2. The summed E-state index contributed by atoms with van der Waals surface area (Å²) in [4.78, 5) is 25.1. The van der Waals surface area contributed by atoms with Crippen molar-refractivity contribution in [3.63, 3.8) is 0 Å². The van der Waals surface area contributed by atoms with Crippen LogP contribution in [0.5, 0.6) is 11.5 Å². The highest BCUT2D eigenvalue weighted by Gasteiger charge is 2.22. The van der Waals surface area contributed by atoms with E-state index in [-0.39, 0.29) is 0 Å². The van der Waals surface area contributed by atoms with Crippen molar-refractivity contribution in [2.75, 3.05) is 74.9 Å². The van der Waals surface area contributed by atoms with E-state index < -0.39 is 0 Å². The number of ether oxygens (including phenoxy) is 3. The van der Waals surface area contributed by atoms with Crippen LogP contribution in [-0.4, -0.2) is 85.1 Å². The quantitative estimate of drug-likeness (QED) is 0.148. The Morgan fingerprint density at radius 3 is 1.33 bits per heavy atom. The van der Waals surface area contributed by atoms with E-state index in [1.807, 2.05) is 61.0 Å². The van der Waals surface area contributed by atoms with E-state index >= 15 is 0 Å². The third kappa shape index (κ3) is 6.82. The van der Waals surface area contributed by atoms with Crippen molar-refractivity contribution in [3.8, 4) is 34.3 Å². The van der Waals surface area contributed by atoms with Gasteiger partial charge in [0.1, 0.15) is 33.4 Å². The van der Waals surface area contributed by atoms with Gasteiger partial charge in [0.2, 0.25) is 0 Å². The molecule has 0 bridgehead atoms. The van der Waals surface area contributed by atoms with Crippen molar-refractivity contribution in [3.05, 3.63) is 58.8 Å². The second-order valence-corrected chi connectivity index (χ2v) is 12.1. The first kappa shape index (κ1) is 30.2. The molecule has 43 heavy (non-hydrogen) atoms. The normalized spacial score (nSPS) is 15.5. The molecule has 0 unspecified atom stereocenters. The van der Waals surface area contributed by atoms with Crippen LogP contribution in [0.4, 0.5) is 11.6 Å². The van der Waals surface area contributed by atoms with Gasteiger partial charge >= 0.3 is 0 Å². The van der Waals surface area contributed by atoms with Crippen LogP contribution in [0, 0.1) is 0 Å². The second kappa shape index (κ2) is 13.9. The Bertz CT molecular complexity index is 1450. The Morgan fingerprint density at radius 2 is 0.977 bits per heavy atom. The smallest absolute Gasteiger partial charge is 0.163 e. The number of anilines is 2. The standard InChI is InChI=1S/C30H30Cl2N6O3S2/c1-42-23-25(31)33-27(35-29(23)37-11-15-39-16-12-37)19-3-7-21(8-4-19)41-22-9-5-20(6-10-22)28-34-26(32)24(43-2)30(36-28)38-13-17-40-18-14-38/h3-10H,11-18H2,1-2H3. The summed E-state index contributed by atoms with van der Waals surface area (Å²) in [5.41, 5.74) is 1.70. The van der Waals surface area contributed by atoms with Crippen LogP contribution in [0.2, 0.25) is 10.3 Å². The Hall–Kier alpha value is -2.80. The summed E-state index contributed by atoms with van der Waals surface area (Å²) in [6, 6.07) is 15.3. The number of nitrogens with zero attached hydrogens (tertiary/aromatic N) is 6. The first-order valence-electron chi connectivity index (χ1n) is 13.8. The number of benzene rings is 2. The van der Waals surface area contributed by atoms with Crippen LogP contribution in [0.25, 0.3) is 22.8 Å². The van der Waals surface area contributed by atoms with Crippen molar-refractivity contribution in [2.24, 2.45) is 0 Å². The predicted molar refractivity (Wildman–Crippen MR) is 175 cm³/mol. The van der Waals surface area contributed by atoms with Crippen molar-refractivity contribution in [1.82, 2.24) is 19.9 Å². The molecule has 9 nitrogen and oxygen atoms in total. The van der Waals surface area contributed by atoms with E-state index in [1.54, 1.807) is 23.5 Å².